The molecule has 0 bridgehead atoms. The van der Waals surface area contributed by atoms with E-state index in [4.69, 9.17) is 5.11 Å². The van der Waals surface area contributed by atoms with E-state index < -0.39 is 15.8 Å². The van der Waals surface area contributed by atoms with Gasteiger partial charge in [0.2, 0.25) is 10.0 Å². The van der Waals surface area contributed by atoms with Crippen molar-refractivity contribution < 1.29 is 17.9 Å². The van der Waals surface area contributed by atoms with E-state index >= 15 is 0 Å². The minimum Gasteiger partial charge on any atom is -0.384 e. The van der Waals surface area contributed by atoms with Crippen LogP contribution >= 0.6 is 0 Å². The van der Waals surface area contributed by atoms with Crippen molar-refractivity contribution >= 4 is 15.7 Å². The summed E-state index contributed by atoms with van der Waals surface area (Å²) in [5.41, 5.74) is 0.643. The van der Waals surface area contributed by atoms with Crippen molar-refractivity contribution in [1.82, 2.24) is 0 Å². The van der Waals surface area contributed by atoms with Gasteiger partial charge in [0.25, 0.3) is 0 Å². The van der Waals surface area contributed by atoms with Crippen molar-refractivity contribution in [2.75, 3.05) is 23.2 Å². The summed E-state index contributed by atoms with van der Waals surface area (Å²) < 4.78 is 38.0. The van der Waals surface area contributed by atoms with E-state index in [1.54, 1.807) is 0 Å². The number of sulfonamides is 1. The van der Waals surface area contributed by atoms with Crippen molar-refractivity contribution in [1.29, 1.82) is 0 Å². The minimum absolute atomic E-state index is 0.0945. The molecule has 0 amide bonds. The fourth-order valence-electron chi connectivity index (χ4n) is 1.87. The number of hydrogen-bond acceptors (Lipinski definition) is 3. The van der Waals surface area contributed by atoms with Crippen LogP contribution in [0.3, 0.4) is 0 Å². The SMILES string of the molecule is O=S1(=O)CCCN1c1ccc(F)cc1C#CCO. The summed E-state index contributed by atoms with van der Waals surface area (Å²) in [6, 6.07) is 3.78. The maximum atomic E-state index is 13.2. The number of nitrogens with zero attached hydrogens (tertiary/aromatic N) is 1. The number of aliphatic hydroxyl groups excluding tert-OH is 1. The van der Waals surface area contributed by atoms with E-state index in [2.05, 4.69) is 11.8 Å². The van der Waals surface area contributed by atoms with Crippen molar-refractivity contribution in [2.45, 2.75) is 6.42 Å². The van der Waals surface area contributed by atoms with Gasteiger partial charge in [-0.1, -0.05) is 11.8 Å². The molecule has 1 aromatic rings. The van der Waals surface area contributed by atoms with Crippen LogP contribution in [-0.2, 0) is 10.0 Å². The van der Waals surface area contributed by atoms with E-state index in [0.29, 0.717) is 18.7 Å². The largest absolute Gasteiger partial charge is 0.384 e. The van der Waals surface area contributed by atoms with E-state index in [1.165, 1.54) is 22.5 Å². The van der Waals surface area contributed by atoms with Crippen molar-refractivity contribution in [3.8, 4) is 11.8 Å². The lowest BCUT2D eigenvalue weighted by Gasteiger charge is -2.18. The highest BCUT2D eigenvalue weighted by molar-refractivity contribution is 7.93. The monoisotopic (exact) mass is 269 g/mol. The highest BCUT2D eigenvalue weighted by Gasteiger charge is 2.29. The third-order valence-corrected chi connectivity index (χ3v) is 4.48. The highest BCUT2D eigenvalue weighted by atomic mass is 32.2. The van der Waals surface area contributed by atoms with Crippen molar-refractivity contribution in [3.63, 3.8) is 0 Å². The van der Waals surface area contributed by atoms with Crippen LogP contribution in [0.1, 0.15) is 12.0 Å². The summed E-state index contributed by atoms with van der Waals surface area (Å²) in [7, 11) is -3.32. The Morgan fingerprint density at radius 3 is 2.83 bits per heavy atom. The first-order valence-electron chi connectivity index (χ1n) is 5.44. The Bertz CT molecular complexity index is 616. The number of rotatable bonds is 1. The maximum Gasteiger partial charge on any atom is 0.235 e. The second kappa shape index (κ2) is 4.96. The molecule has 0 aliphatic carbocycles. The molecule has 0 aromatic heterocycles. The van der Waals surface area contributed by atoms with Gasteiger partial charge in [0.1, 0.15) is 12.4 Å². The molecule has 1 aliphatic rings. The summed E-state index contributed by atoms with van der Waals surface area (Å²) in [4.78, 5) is 0. The third kappa shape index (κ3) is 2.47. The van der Waals surface area contributed by atoms with Gasteiger partial charge in [-0.3, -0.25) is 4.31 Å². The molecule has 2 rings (SSSR count). The van der Waals surface area contributed by atoms with Crippen molar-refractivity contribution in [3.05, 3.63) is 29.6 Å². The summed E-state index contributed by atoms with van der Waals surface area (Å²) in [5, 5.41) is 8.66. The zero-order chi connectivity index (χ0) is 13.2. The zero-order valence-electron chi connectivity index (χ0n) is 9.56. The Hall–Kier alpha value is -1.58. The smallest absolute Gasteiger partial charge is 0.235 e. The Kier molecular flexibility index (Phi) is 3.55. The Morgan fingerprint density at radius 1 is 1.44 bits per heavy atom. The lowest BCUT2D eigenvalue weighted by Crippen LogP contribution is -2.25. The number of benzene rings is 1. The Labute approximate surface area is 105 Å². The highest BCUT2D eigenvalue weighted by Crippen LogP contribution is 2.27. The molecule has 1 saturated heterocycles. The Balaban J connectivity index is 2.50. The van der Waals surface area contributed by atoms with E-state index in [-0.39, 0.29) is 17.9 Å². The fourth-order valence-corrected chi connectivity index (χ4v) is 3.45. The maximum absolute atomic E-state index is 13.2. The zero-order valence-corrected chi connectivity index (χ0v) is 10.4. The van der Waals surface area contributed by atoms with E-state index in [0.717, 1.165) is 0 Å². The first-order chi connectivity index (χ1) is 8.54. The van der Waals surface area contributed by atoms with Gasteiger partial charge in [0, 0.05) is 6.54 Å². The predicted octanol–water partition coefficient (Wildman–Crippen LogP) is 0.709. The second-order valence-corrected chi connectivity index (χ2v) is 5.88. The van der Waals surface area contributed by atoms with Crippen LogP contribution < -0.4 is 4.31 Å². The summed E-state index contributed by atoms with van der Waals surface area (Å²) in [6.45, 7) is 0.0183. The van der Waals surface area contributed by atoms with E-state index in [1.807, 2.05) is 0 Å². The van der Waals surface area contributed by atoms with Gasteiger partial charge in [0.15, 0.2) is 0 Å². The first-order valence-corrected chi connectivity index (χ1v) is 7.05. The van der Waals surface area contributed by atoms with Crippen LogP contribution in [0.4, 0.5) is 10.1 Å². The van der Waals surface area contributed by atoms with Gasteiger partial charge in [-0.2, -0.15) is 0 Å². The molecule has 0 radical (unpaired) electrons. The van der Waals surface area contributed by atoms with Gasteiger partial charge in [0.05, 0.1) is 17.0 Å². The summed E-state index contributed by atoms with van der Waals surface area (Å²) >= 11 is 0. The molecule has 1 aromatic carbocycles. The van der Waals surface area contributed by atoms with Crippen LogP contribution in [0.25, 0.3) is 0 Å². The van der Waals surface area contributed by atoms with Crippen LogP contribution in [0.2, 0.25) is 0 Å². The number of anilines is 1. The lowest BCUT2D eigenvalue weighted by atomic mass is 10.1. The predicted molar refractivity (Wildman–Crippen MR) is 66.1 cm³/mol. The standard InChI is InChI=1S/C12H12FNO3S/c13-11-4-5-12(10(9-11)3-1-7-15)14-6-2-8-18(14,16)17/h4-5,9,15H,2,6-8H2. The van der Waals surface area contributed by atoms with Crippen LogP contribution in [0.5, 0.6) is 0 Å². The minimum atomic E-state index is -3.32. The van der Waals surface area contributed by atoms with Crippen LogP contribution in [0, 0.1) is 17.7 Å². The van der Waals surface area contributed by atoms with E-state index in [9.17, 15) is 12.8 Å². The molecule has 0 atom stereocenters. The number of hydrogen-bond donors (Lipinski definition) is 1. The number of halogens is 1. The molecule has 0 spiro atoms. The average molecular weight is 269 g/mol. The molecule has 6 heteroatoms. The van der Waals surface area contributed by atoms with Gasteiger partial charge < -0.3 is 5.11 Å². The molecular weight excluding hydrogens is 257 g/mol. The van der Waals surface area contributed by atoms with Gasteiger partial charge in [-0.25, -0.2) is 12.8 Å². The average Bonchev–Trinajstić information content (AvgIpc) is 2.66. The molecule has 18 heavy (non-hydrogen) atoms. The molecule has 1 N–H and O–H groups in total. The second-order valence-electron chi connectivity index (χ2n) is 3.86. The third-order valence-electron chi connectivity index (χ3n) is 2.63. The molecular formula is C12H12FNO3S. The van der Waals surface area contributed by atoms with Crippen LogP contribution in [-0.4, -0.2) is 32.4 Å². The summed E-state index contributed by atoms with van der Waals surface area (Å²) in [5.74, 6) is 4.58. The lowest BCUT2D eigenvalue weighted by molar-refractivity contribution is 0.350. The molecule has 0 saturated carbocycles. The molecule has 0 unspecified atom stereocenters. The summed E-state index contributed by atoms with van der Waals surface area (Å²) in [6.07, 6.45) is 0.548. The number of aliphatic hydroxyl groups is 1. The Morgan fingerprint density at radius 2 is 2.22 bits per heavy atom. The van der Waals surface area contributed by atoms with Gasteiger partial charge >= 0.3 is 0 Å². The fraction of sp³-hybridized carbons (Fsp3) is 0.333. The van der Waals surface area contributed by atoms with Gasteiger partial charge in [-0.05, 0) is 24.6 Å². The quantitative estimate of drug-likeness (QED) is 0.764. The van der Waals surface area contributed by atoms with Crippen molar-refractivity contribution in [2.24, 2.45) is 0 Å². The molecule has 1 aliphatic heterocycles. The molecule has 4 nitrogen and oxygen atoms in total. The first kappa shape index (κ1) is 12.9. The van der Waals surface area contributed by atoms with Crippen LogP contribution in [0.15, 0.2) is 18.2 Å². The molecule has 1 heterocycles. The normalized spacial score (nSPS) is 17.3. The molecule has 1 fully saturated rings. The van der Waals surface area contributed by atoms with Gasteiger partial charge in [-0.15, -0.1) is 0 Å². The molecule has 96 valence electrons. The topological polar surface area (TPSA) is 57.6 Å².